The van der Waals surface area contributed by atoms with Gasteiger partial charge in [-0.05, 0) is 55.9 Å². The molecule has 3 amide bonds. The molecule has 2 aliphatic rings. The van der Waals surface area contributed by atoms with Crippen molar-refractivity contribution in [1.29, 1.82) is 0 Å². The average Bonchev–Trinajstić information content (AvgIpc) is 2.92. The van der Waals surface area contributed by atoms with Crippen molar-refractivity contribution in [2.75, 3.05) is 13.2 Å². The summed E-state index contributed by atoms with van der Waals surface area (Å²) >= 11 is 0. The average molecular weight is 388 g/mol. The maximum absolute atomic E-state index is 12.8. The van der Waals surface area contributed by atoms with Gasteiger partial charge in [0.25, 0.3) is 5.91 Å². The molecule has 1 aliphatic heterocycles. The maximum Gasteiger partial charge on any atom is 0.325 e. The van der Waals surface area contributed by atoms with Crippen LogP contribution in [0.2, 0.25) is 0 Å². The summed E-state index contributed by atoms with van der Waals surface area (Å²) in [6, 6.07) is 6.25. The number of nitrogens with zero attached hydrogens (tertiary/aromatic N) is 1. The minimum atomic E-state index is -0.996. The first-order chi connectivity index (χ1) is 13.3. The number of hydrogen-bond donors (Lipinski definition) is 2. The largest absolute Gasteiger partial charge is 0.491 e. The number of carbonyl (C=O) groups is 3. The van der Waals surface area contributed by atoms with Crippen molar-refractivity contribution >= 4 is 17.7 Å². The van der Waals surface area contributed by atoms with Crippen LogP contribution in [0.3, 0.4) is 0 Å². The predicted molar refractivity (Wildman–Crippen MR) is 103 cm³/mol. The molecule has 0 aromatic heterocycles. The van der Waals surface area contributed by atoms with Gasteiger partial charge in [-0.3, -0.25) is 14.5 Å². The summed E-state index contributed by atoms with van der Waals surface area (Å²) in [7, 11) is 0. The standard InChI is InChI=1S/C21H28N2O5/c1-3-18(25)15-4-6-17(7-5-15)28-13-16(24)12-23-19(26)21(22-20(23)27)10-8-14(2)9-11-21/h4-7,14,16,24H,3,8-13H2,1-2H3,(H,22,27). The summed E-state index contributed by atoms with van der Waals surface area (Å²) in [5, 5.41) is 13.1. The zero-order chi connectivity index (χ0) is 20.3. The van der Waals surface area contributed by atoms with Crippen LogP contribution >= 0.6 is 0 Å². The second-order valence-corrected chi connectivity index (χ2v) is 7.88. The second-order valence-electron chi connectivity index (χ2n) is 7.88. The molecule has 1 aromatic rings. The van der Waals surface area contributed by atoms with Gasteiger partial charge < -0.3 is 15.2 Å². The Labute approximate surface area is 165 Å². The Morgan fingerprint density at radius 2 is 1.93 bits per heavy atom. The monoisotopic (exact) mass is 388 g/mol. The lowest BCUT2D eigenvalue weighted by atomic mass is 9.77. The number of aliphatic hydroxyl groups is 1. The second kappa shape index (κ2) is 8.31. The molecule has 2 N–H and O–H groups in total. The summed E-state index contributed by atoms with van der Waals surface area (Å²) in [6.07, 6.45) is 2.54. The molecule has 1 atom stereocenters. The highest BCUT2D eigenvalue weighted by Crippen LogP contribution is 2.36. The minimum absolute atomic E-state index is 0.0520. The number of amides is 3. The van der Waals surface area contributed by atoms with Crippen molar-refractivity contribution in [3.8, 4) is 5.75 Å². The zero-order valence-electron chi connectivity index (χ0n) is 16.4. The number of nitrogens with one attached hydrogen (secondary N) is 1. The highest BCUT2D eigenvalue weighted by Gasteiger charge is 2.52. The van der Waals surface area contributed by atoms with Gasteiger partial charge in [-0.2, -0.15) is 0 Å². The van der Waals surface area contributed by atoms with Crippen molar-refractivity contribution in [1.82, 2.24) is 10.2 Å². The third-order valence-electron chi connectivity index (χ3n) is 5.71. The van der Waals surface area contributed by atoms with E-state index < -0.39 is 17.7 Å². The van der Waals surface area contributed by atoms with E-state index >= 15 is 0 Å². The Morgan fingerprint density at radius 3 is 2.54 bits per heavy atom. The van der Waals surface area contributed by atoms with E-state index in [2.05, 4.69) is 12.2 Å². The Bertz CT molecular complexity index is 738. The smallest absolute Gasteiger partial charge is 0.325 e. The molecule has 7 heteroatoms. The number of benzene rings is 1. The van der Waals surface area contributed by atoms with Crippen LogP contribution in [0, 0.1) is 5.92 Å². The maximum atomic E-state index is 12.8. The van der Waals surface area contributed by atoms with Gasteiger partial charge in [0.2, 0.25) is 0 Å². The first-order valence-corrected chi connectivity index (χ1v) is 9.93. The molecular weight excluding hydrogens is 360 g/mol. The van der Waals surface area contributed by atoms with E-state index in [1.54, 1.807) is 31.2 Å². The number of Topliss-reactive ketones (excluding diaryl/α,β-unsaturated/α-hetero) is 1. The van der Waals surface area contributed by atoms with E-state index in [-0.39, 0.29) is 24.8 Å². The van der Waals surface area contributed by atoms with Crippen LogP contribution < -0.4 is 10.1 Å². The van der Waals surface area contributed by atoms with Crippen molar-refractivity contribution in [2.45, 2.75) is 57.6 Å². The quantitative estimate of drug-likeness (QED) is 0.553. The molecule has 1 aliphatic carbocycles. The van der Waals surface area contributed by atoms with Gasteiger partial charge in [-0.15, -0.1) is 0 Å². The van der Waals surface area contributed by atoms with Crippen molar-refractivity contribution in [3.63, 3.8) is 0 Å². The van der Waals surface area contributed by atoms with Gasteiger partial charge >= 0.3 is 6.03 Å². The molecule has 28 heavy (non-hydrogen) atoms. The summed E-state index contributed by atoms with van der Waals surface area (Å²) in [6.45, 7) is 3.80. The first-order valence-electron chi connectivity index (χ1n) is 9.93. The molecule has 7 nitrogen and oxygen atoms in total. The van der Waals surface area contributed by atoms with Crippen molar-refractivity contribution in [2.24, 2.45) is 5.92 Å². The van der Waals surface area contributed by atoms with E-state index in [1.807, 2.05) is 0 Å². The fraction of sp³-hybridized carbons (Fsp3) is 0.571. The van der Waals surface area contributed by atoms with Gasteiger partial charge in [0.1, 0.15) is 24.0 Å². The Balaban J connectivity index is 1.53. The van der Waals surface area contributed by atoms with E-state index in [9.17, 15) is 19.5 Å². The van der Waals surface area contributed by atoms with E-state index in [1.165, 1.54) is 0 Å². The number of aliphatic hydroxyl groups excluding tert-OH is 1. The van der Waals surface area contributed by atoms with Crippen molar-refractivity contribution in [3.05, 3.63) is 29.8 Å². The number of hydrogen-bond acceptors (Lipinski definition) is 5. The first kappa shape index (κ1) is 20.3. The van der Waals surface area contributed by atoms with E-state index in [4.69, 9.17) is 4.74 Å². The number of urea groups is 1. The summed E-state index contributed by atoms with van der Waals surface area (Å²) in [4.78, 5) is 37.8. The van der Waals surface area contributed by atoms with Crippen molar-refractivity contribution < 1.29 is 24.2 Å². The molecule has 0 radical (unpaired) electrons. The summed E-state index contributed by atoms with van der Waals surface area (Å²) in [5.74, 6) is 0.881. The topological polar surface area (TPSA) is 95.9 Å². The predicted octanol–water partition coefficient (Wildman–Crippen LogP) is 2.52. The van der Waals surface area contributed by atoms with E-state index in [0.29, 0.717) is 36.5 Å². The van der Waals surface area contributed by atoms with Crippen LogP contribution in [-0.4, -0.2) is 52.5 Å². The van der Waals surface area contributed by atoms with Crippen LogP contribution in [-0.2, 0) is 4.79 Å². The molecule has 2 fully saturated rings. The third-order valence-corrected chi connectivity index (χ3v) is 5.71. The van der Waals surface area contributed by atoms with Crippen LogP contribution in [0.4, 0.5) is 4.79 Å². The summed E-state index contributed by atoms with van der Waals surface area (Å²) in [5.41, 5.74) is -0.187. The molecular formula is C21H28N2O5. The number of imide groups is 1. The van der Waals surface area contributed by atoms with Crippen LogP contribution in [0.1, 0.15) is 56.3 Å². The Hall–Kier alpha value is -2.41. The number of carbonyl (C=O) groups excluding carboxylic acids is 3. The molecule has 3 rings (SSSR count). The fourth-order valence-electron chi connectivity index (χ4n) is 3.83. The highest BCUT2D eigenvalue weighted by atomic mass is 16.5. The molecule has 152 valence electrons. The minimum Gasteiger partial charge on any atom is -0.491 e. The number of β-amino-alcohol motifs (C(OH)–C–C–N with tert-alkyl or cyclic N) is 1. The lowest BCUT2D eigenvalue weighted by molar-refractivity contribution is -0.133. The van der Waals surface area contributed by atoms with Gasteiger partial charge in [0.05, 0.1) is 6.54 Å². The Morgan fingerprint density at radius 1 is 1.29 bits per heavy atom. The lowest BCUT2D eigenvalue weighted by Crippen LogP contribution is -2.49. The van der Waals surface area contributed by atoms with E-state index in [0.717, 1.165) is 17.7 Å². The lowest BCUT2D eigenvalue weighted by Gasteiger charge is -2.33. The summed E-state index contributed by atoms with van der Waals surface area (Å²) < 4.78 is 5.54. The molecule has 1 unspecified atom stereocenters. The third kappa shape index (κ3) is 4.19. The van der Waals surface area contributed by atoms with Crippen LogP contribution in [0.25, 0.3) is 0 Å². The number of ketones is 1. The zero-order valence-corrected chi connectivity index (χ0v) is 16.4. The molecule has 1 saturated heterocycles. The van der Waals surface area contributed by atoms with Gasteiger partial charge in [0.15, 0.2) is 5.78 Å². The SMILES string of the molecule is CCC(=O)c1ccc(OCC(O)CN2C(=O)NC3(CCC(C)CC3)C2=O)cc1. The molecule has 1 heterocycles. The molecule has 1 spiro atoms. The highest BCUT2D eigenvalue weighted by molar-refractivity contribution is 6.07. The normalized spacial score (nSPS) is 25.7. The van der Waals surface area contributed by atoms with Gasteiger partial charge in [-0.25, -0.2) is 4.79 Å². The van der Waals surface area contributed by atoms with Crippen LogP contribution in [0.5, 0.6) is 5.75 Å². The Kier molecular flexibility index (Phi) is 6.03. The fourth-order valence-corrected chi connectivity index (χ4v) is 3.83. The molecule has 1 saturated carbocycles. The number of rotatable bonds is 7. The van der Waals surface area contributed by atoms with Gasteiger partial charge in [0, 0.05) is 12.0 Å². The molecule has 0 bridgehead atoms. The van der Waals surface area contributed by atoms with Gasteiger partial charge in [-0.1, -0.05) is 13.8 Å². The molecule has 1 aromatic carbocycles. The van der Waals surface area contributed by atoms with Crippen LogP contribution in [0.15, 0.2) is 24.3 Å². The number of ether oxygens (including phenoxy) is 1.